The first kappa shape index (κ1) is 26.2. The van der Waals surface area contributed by atoms with Crippen LogP contribution < -0.4 is 0 Å². The van der Waals surface area contributed by atoms with Gasteiger partial charge in [0.25, 0.3) is 0 Å². The fraction of sp³-hybridized carbons (Fsp3) is 0.500. The molecular weight excluding hydrogens is 408 g/mol. The predicted molar refractivity (Wildman–Crippen MR) is 119 cm³/mol. The predicted octanol–water partition coefficient (Wildman–Crippen LogP) is 6.19. The number of aromatic nitrogens is 2. The van der Waals surface area contributed by atoms with Crippen molar-refractivity contribution in [2.45, 2.75) is 66.2 Å². The van der Waals surface area contributed by atoms with E-state index in [-0.39, 0.29) is 17.1 Å². The quantitative estimate of drug-likeness (QED) is 0.501. The number of aryl methyl sites for hydroxylation is 2. The summed E-state index contributed by atoms with van der Waals surface area (Å²) >= 11 is 0. The molecule has 7 heteroatoms. The van der Waals surface area contributed by atoms with E-state index in [1.54, 1.807) is 0 Å². The Morgan fingerprint density at radius 2 is 1.07 bits per heavy atom. The maximum atomic E-state index is 4.82. The number of hydrogen-bond acceptors (Lipinski definition) is 2. The van der Waals surface area contributed by atoms with Crippen LogP contribution in [0, 0.1) is 13.8 Å². The molecule has 2 heterocycles. The van der Waals surface area contributed by atoms with Gasteiger partial charge in [0, 0.05) is 22.8 Å². The Balaban J connectivity index is 0.000000584. The van der Waals surface area contributed by atoms with Gasteiger partial charge in [0.15, 0.2) is 0 Å². The Morgan fingerprint density at radius 3 is 1.33 bits per heavy atom. The summed E-state index contributed by atoms with van der Waals surface area (Å²) in [5.74, 6) is 0. The standard InChI is InChI=1S/C14H16N3.C6H18NSi2.Fe/c1-11-5-3-7-13(16-11)9-15-10-14-8-4-6-12(2)17-14;1-8(2,3)7-9(4,5)6;/h3-8H,9-10H2,1-2H3;1-6H3;/q2*-1;+2. The van der Waals surface area contributed by atoms with Gasteiger partial charge in [-0.05, 0) is 38.1 Å². The smallest absolute Gasteiger partial charge is 0.668 e. The van der Waals surface area contributed by atoms with Crippen LogP contribution in [0.2, 0.25) is 39.3 Å². The second kappa shape index (κ2) is 11.9. The zero-order chi connectivity index (χ0) is 19.8. The van der Waals surface area contributed by atoms with Gasteiger partial charge in [-0.25, -0.2) is 0 Å². The number of pyridine rings is 2. The monoisotopic (exact) mass is 442 g/mol. The molecule has 27 heavy (non-hydrogen) atoms. The van der Waals surface area contributed by atoms with E-state index in [0.717, 1.165) is 22.8 Å². The van der Waals surface area contributed by atoms with Gasteiger partial charge in [0.05, 0.1) is 0 Å². The van der Waals surface area contributed by atoms with Crippen LogP contribution in [0.15, 0.2) is 36.4 Å². The molecule has 0 aromatic carbocycles. The molecule has 0 N–H and O–H groups in total. The van der Waals surface area contributed by atoms with Gasteiger partial charge < -0.3 is 9.96 Å². The van der Waals surface area contributed by atoms with Crippen LogP contribution >= 0.6 is 0 Å². The fourth-order valence-corrected chi connectivity index (χ4v) is 10.7. The molecular formula is C20H34FeN4Si2. The summed E-state index contributed by atoms with van der Waals surface area (Å²) in [4.78, 5) is 8.82. The average molecular weight is 443 g/mol. The molecule has 0 fully saturated rings. The molecule has 2 rings (SSSR count). The van der Waals surface area contributed by atoms with E-state index in [1.165, 1.54) is 0 Å². The maximum Gasteiger partial charge on any atom is 2.00 e. The van der Waals surface area contributed by atoms with Gasteiger partial charge in [-0.1, -0.05) is 67.9 Å². The summed E-state index contributed by atoms with van der Waals surface area (Å²) in [6.45, 7) is 19.1. The Bertz CT molecular complexity index is 625. The van der Waals surface area contributed by atoms with E-state index in [0.29, 0.717) is 13.1 Å². The van der Waals surface area contributed by atoms with E-state index in [2.05, 4.69) is 54.6 Å². The number of hydrogen-bond donors (Lipinski definition) is 0. The molecule has 150 valence electrons. The molecule has 0 radical (unpaired) electrons. The van der Waals surface area contributed by atoms with Crippen LogP contribution in [0.1, 0.15) is 22.8 Å². The second-order valence-corrected chi connectivity index (χ2v) is 18.1. The molecule has 2 aromatic rings. The van der Waals surface area contributed by atoms with Crippen molar-refractivity contribution in [2.24, 2.45) is 0 Å². The molecule has 2 aromatic heterocycles. The first-order chi connectivity index (χ1) is 11.9. The molecule has 0 saturated carbocycles. The molecule has 0 spiro atoms. The van der Waals surface area contributed by atoms with Gasteiger partial charge in [-0.3, -0.25) is 9.97 Å². The van der Waals surface area contributed by atoms with Crippen molar-refractivity contribution in [1.29, 1.82) is 0 Å². The molecule has 0 unspecified atom stereocenters. The van der Waals surface area contributed by atoms with Crippen LogP contribution in [0.5, 0.6) is 0 Å². The largest absolute Gasteiger partial charge is 2.00 e. The van der Waals surface area contributed by atoms with Gasteiger partial charge in [-0.2, -0.15) is 0 Å². The molecule has 0 amide bonds. The third kappa shape index (κ3) is 13.9. The minimum atomic E-state index is -1.11. The Labute approximate surface area is 178 Å². The Kier molecular flexibility index (Phi) is 11.5. The fourth-order valence-electron chi connectivity index (χ4n) is 2.67. The van der Waals surface area contributed by atoms with Crippen molar-refractivity contribution >= 4 is 16.5 Å². The van der Waals surface area contributed by atoms with Crippen LogP contribution in [0.3, 0.4) is 0 Å². The van der Waals surface area contributed by atoms with Crippen molar-refractivity contribution in [2.75, 3.05) is 0 Å². The van der Waals surface area contributed by atoms with Gasteiger partial charge in [0.2, 0.25) is 0 Å². The van der Waals surface area contributed by atoms with Crippen molar-refractivity contribution < 1.29 is 17.1 Å². The van der Waals surface area contributed by atoms with Gasteiger partial charge in [-0.15, -0.1) is 13.1 Å². The molecule has 0 saturated heterocycles. The average Bonchev–Trinajstić information content (AvgIpc) is 2.44. The van der Waals surface area contributed by atoms with E-state index < -0.39 is 16.5 Å². The minimum Gasteiger partial charge on any atom is -0.668 e. The van der Waals surface area contributed by atoms with Gasteiger partial charge in [0.1, 0.15) is 0 Å². The zero-order valence-corrected chi connectivity index (χ0v) is 21.1. The molecule has 0 aliphatic carbocycles. The van der Waals surface area contributed by atoms with Gasteiger partial charge >= 0.3 is 17.1 Å². The van der Waals surface area contributed by atoms with Crippen molar-refractivity contribution in [1.82, 2.24) is 9.97 Å². The van der Waals surface area contributed by atoms with Crippen LogP contribution in [-0.4, -0.2) is 26.4 Å². The van der Waals surface area contributed by atoms with E-state index in [4.69, 9.17) is 4.65 Å². The number of nitrogens with zero attached hydrogens (tertiary/aromatic N) is 4. The van der Waals surface area contributed by atoms with Crippen LogP contribution in [-0.2, 0) is 30.2 Å². The molecule has 0 atom stereocenters. The summed E-state index contributed by atoms with van der Waals surface area (Å²) in [5, 5.41) is 4.47. The molecule has 4 nitrogen and oxygen atoms in total. The summed E-state index contributed by atoms with van der Waals surface area (Å²) in [5.41, 5.74) is 4.09. The Hall–Kier alpha value is -0.827. The second-order valence-electron chi connectivity index (χ2n) is 8.53. The summed E-state index contributed by atoms with van der Waals surface area (Å²) in [6, 6.07) is 12.0. The Morgan fingerprint density at radius 1 is 0.704 bits per heavy atom. The molecule has 0 bridgehead atoms. The van der Waals surface area contributed by atoms with Crippen molar-refractivity contribution in [3.05, 3.63) is 69.1 Å². The minimum absolute atomic E-state index is 0. The topological polar surface area (TPSA) is 54.0 Å². The van der Waals surface area contributed by atoms with Crippen LogP contribution in [0.4, 0.5) is 0 Å². The summed E-state index contributed by atoms with van der Waals surface area (Å²) in [6.07, 6.45) is 0. The zero-order valence-electron chi connectivity index (χ0n) is 18.0. The summed E-state index contributed by atoms with van der Waals surface area (Å²) in [7, 11) is -2.21. The molecule has 0 aliphatic heterocycles. The van der Waals surface area contributed by atoms with E-state index >= 15 is 0 Å². The molecule has 0 aliphatic rings. The van der Waals surface area contributed by atoms with Crippen molar-refractivity contribution in [3.8, 4) is 0 Å². The van der Waals surface area contributed by atoms with Crippen LogP contribution in [0.25, 0.3) is 9.96 Å². The van der Waals surface area contributed by atoms with Crippen molar-refractivity contribution in [3.63, 3.8) is 0 Å². The normalized spacial score (nSPS) is 11.3. The number of rotatable bonds is 6. The SMILES string of the molecule is C[Si](C)(C)[N-][Si](C)(C)C.Cc1cccc(C[N-]Cc2cccc(C)n2)n1.[Fe+2]. The third-order valence-corrected chi connectivity index (χ3v) is 8.48. The first-order valence-electron chi connectivity index (χ1n) is 9.17. The third-order valence-electron chi connectivity index (χ3n) is 3.11. The first-order valence-corrected chi connectivity index (χ1v) is 16.1. The summed E-state index contributed by atoms with van der Waals surface area (Å²) < 4.78 is 4.82. The van der Waals surface area contributed by atoms with E-state index in [9.17, 15) is 0 Å². The van der Waals surface area contributed by atoms with E-state index in [1.807, 2.05) is 50.2 Å². The maximum absolute atomic E-state index is 4.82.